The molecule has 1 rings (SSSR count). The molecule has 1 N–H and O–H groups in total. The third-order valence-corrected chi connectivity index (χ3v) is 4.07. The van der Waals surface area contributed by atoms with E-state index in [2.05, 4.69) is 6.92 Å². The second-order valence-electron chi connectivity index (χ2n) is 5.82. The number of carbonyl (C=O) groups is 1. The van der Waals surface area contributed by atoms with Crippen molar-refractivity contribution in [3.8, 4) is 0 Å². The van der Waals surface area contributed by atoms with Gasteiger partial charge in [0.05, 0.1) is 13.2 Å². The Kier molecular flexibility index (Phi) is 7.39. The van der Waals surface area contributed by atoms with E-state index in [1.807, 2.05) is 4.90 Å². The fourth-order valence-corrected chi connectivity index (χ4v) is 2.78. The molecule has 0 bridgehead atoms. The molecule has 0 radical (unpaired) electrons. The number of amides is 1. The van der Waals surface area contributed by atoms with Crippen molar-refractivity contribution < 1.29 is 14.6 Å². The van der Waals surface area contributed by atoms with Crippen molar-refractivity contribution >= 4 is 5.91 Å². The molecule has 1 fully saturated rings. The maximum absolute atomic E-state index is 12.1. The van der Waals surface area contributed by atoms with Crippen LogP contribution in [0.3, 0.4) is 0 Å². The molecule has 0 saturated carbocycles. The topological polar surface area (TPSA) is 49.8 Å². The van der Waals surface area contributed by atoms with Crippen LogP contribution in [-0.2, 0) is 9.53 Å². The molecule has 1 aliphatic rings. The van der Waals surface area contributed by atoms with Crippen LogP contribution in [0.15, 0.2) is 0 Å². The molecule has 0 spiro atoms. The summed E-state index contributed by atoms with van der Waals surface area (Å²) in [7, 11) is 1.65. The largest absolute Gasteiger partial charge is 0.396 e. The highest BCUT2D eigenvalue weighted by atomic mass is 16.5. The number of methoxy groups -OCH3 is 1. The summed E-state index contributed by atoms with van der Waals surface area (Å²) in [6.07, 6.45) is 7.36. The molecule has 4 heteroatoms. The average molecular weight is 271 g/mol. The van der Waals surface area contributed by atoms with Crippen molar-refractivity contribution in [3.63, 3.8) is 0 Å². The standard InChI is InChI=1S/C15H29NO3/c1-3-4-5-6-7-8-14(18)16-10-9-15(11-16,12-17)13-19-2/h17H,3-13H2,1-2H3. The predicted octanol–water partition coefficient (Wildman–Crippen LogP) is 2.20. The molecule has 1 unspecified atom stereocenters. The van der Waals surface area contributed by atoms with Crippen LogP contribution in [0.4, 0.5) is 0 Å². The molecule has 1 aliphatic heterocycles. The van der Waals surface area contributed by atoms with Gasteiger partial charge in [-0.1, -0.05) is 32.6 Å². The Morgan fingerprint density at radius 3 is 2.68 bits per heavy atom. The summed E-state index contributed by atoms with van der Waals surface area (Å²) in [6.45, 7) is 4.23. The SMILES string of the molecule is CCCCCCCC(=O)N1CCC(CO)(COC)C1. The summed E-state index contributed by atoms with van der Waals surface area (Å²) in [5.41, 5.74) is -0.230. The molecule has 1 amide bonds. The van der Waals surface area contributed by atoms with Gasteiger partial charge in [-0.3, -0.25) is 4.79 Å². The molecule has 0 aromatic heterocycles. The van der Waals surface area contributed by atoms with Gasteiger partial charge in [0.1, 0.15) is 0 Å². The van der Waals surface area contributed by atoms with Crippen molar-refractivity contribution in [2.75, 3.05) is 33.4 Å². The molecule has 112 valence electrons. The van der Waals surface area contributed by atoms with Gasteiger partial charge in [-0.2, -0.15) is 0 Å². The minimum Gasteiger partial charge on any atom is -0.396 e. The van der Waals surface area contributed by atoms with Crippen molar-refractivity contribution in [2.24, 2.45) is 5.41 Å². The normalized spacial score (nSPS) is 23.0. The Bertz CT molecular complexity index is 270. The molecule has 0 aliphatic carbocycles. The molecular formula is C15H29NO3. The van der Waals surface area contributed by atoms with Crippen LogP contribution in [-0.4, -0.2) is 49.3 Å². The maximum atomic E-state index is 12.1. The smallest absolute Gasteiger partial charge is 0.222 e. The van der Waals surface area contributed by atoms with Gasteiger partial charge < -0.3 is 14.7 Å². The first kappa shape index (κ1) is 16.4. The van der Waals surface area contributed by atoms with Crippen LogP contribution in [0.1, 0.15) is 51.9 Å². The molecule has 1 saturated heterocycles. The number of rotatable bonds is 9. The zero-order valence-electron chi connectivity index (χ0n) is 12.5. The number of carbonyl (C=O) groups excluding carboxylic acids is 1. The van der Waals surface area contributed by atoms with Crippen molar-refractivity contribution in [2.45, 2.75) is 51.9 Å². The van der Waals surface area contributed by atoms with Gasteiger partial charge in [-0.25, -0.2) is 0 Å². The summed E-state index contributed by atoms with van der Waals surface area (Å²) < 4.78 is 5.18. The third kappa shape index (κ3) is 5.11. The first-order valence-corrected chi connectivity index (χ1v) is 7.55. The van der Waals surface area contributed by atoms with Crippen LogP contribution >= 0.6 is 0 Å². The second-order valence-corrected chi connectivity index (χ2v) is 5.82. The van der Waals surface area contributed by atoms with E-state index in [-0.39, 0.29) is 17.9 Å². The van der Waals surface area contributed by atoms with E-state index in [4.69, 9.17) is 4.74 Å². The summed E-state index contributed by atoms with van der Waals surface area (Å²) in [5, 5.41) is 9.50. The fourth-order valence-electron chi connectivity index (χ4n) is 2.78. The fraction of sp³-hybridized carbons (Fsp3) is 0.933. The molecule has 19 heavy (non-hydrogen) atoms. The van der Waals surface area contributed by atoms with Gasteiger partial charge in [0, 0.05) is 32.0 Å². The molecule has 4 nitrogen and oxygen atoms in total. The molecule has 0 aromatic carbocycles. The maximum Gasteiger partial charge on any atom is 0.222 e. The van der Waals surface area contributed by atoms with Crippen molar-refractivity contribution in [1.82, 2.24) is 4.90 Å². The number of aliphatic hydroxyl groups is 1. The van der Waals surface area contributed by atoms with Gasteiger partial charge in [-0.15, -0.1) is 0 Å². The molecule has 1 heterocycles. The Balaban J connectivity index is 2.27. The number of unbranched alkanes of at least 4 members (excludes halogenated alkanes) is 4. The Hall–Kier alpha value is -0.610. The lowest BCUT2D eigenvalue weighted by atomic mass is 9.89. The number of likely N-dealkylation sites (tertiary alicyclic amines) is 1. The van der Waals surface area contributed by atoms with E-state index in [9.17, 15) is 9.90 Å². The van der Waals surface area contributed by atoms with Crippen LogP contribution in [0, 0.1) is 5.41 Å². The van der Waals surface area contributed by atoms with Gasteiger partial charge >= 0.3 is 0 Å². The number of hydrogen-bond donors (Lipinski definition) is 1. The summed E-state index contributed by atoms with van der Waals surface area (Å²) in [5.74, 6) is 0.239. The van der Waals surface area contributed by atoms with Gasteiger partial charge in [-0.05, 0) is 12.8 Å². The van der Waals surface area contributed by atoms with Crippen LogP contribution in [0.2, 0.25) is 0 Å². The third-order valence-electron chi connectivity index (χ3n) is 4.07. The Labute approximate surface area is 117 Å². The zero-order chi connectivity index (χ0) is 14.1. The van der Waals surface area contributed by atoms with Crippen LogP contribution in [0.25, 0.3) is 0 Å². The van der Waals surface area contributed by atoms with E-state index < -0.39 is 0 Å². The quantitative estimate of drug-likeness (QED) is 0.654. The first-order valence-electron chi connectivity index (χ1n) is 7.55. The van der Waals surface area contributed by atoms with Gasteiger partial charge in [0.15, 0.2) is 0 Å². The number of nitrogens with zero attached hydrogens (tertiary/aromatic N) is 1. The number of ether oxygens (including phenoxy) is 1. The van der Waals surface area contributed by atoms with E-state index in [0.29, 0.717) is 19.6 Å². The van der Waals surface area contributed by atoms with Crippen LogP contribution in [0.5, 0.6) is 0 Å². The summed E-state index contributed by atoms with van der Waals surface area (Å²) in [4.78, 5) is 14.0. The van der Waals surface area contributed by atoms with Gasteiger partial charge in [0.25, 0.3) is 0 Å². The highest BCUT2D eigenvalue weighted by Gasteiger charge is 2.39. The van der Waals surface area contributed by atoms with E-state index in [1.54, 1.807) is 7.11 Å². The average Bonchev–Trinajstić information content (AvgIpc) is 2.84. The predicted molar refractivity (Wildman–Crippen MR) is 76.0 cm³/mol. The highest BCUT2D eigenvalue weighted by Crippen LogP contribution is 2.30. The minimum atomic E-state index is -0.230. The zero-order valence-corrected chi connectivity index (χ0v) is 12.5. The number of aliphatic hydroxyl groups excluding tert-OH is 1. The van der Waals surface area contributed by atoms with Crippen molar-refractivity contribution in [3.05, 3.63) is 0 Å². The lowest BCUT2D eigenvalue weighted by molar-refractivity contribution is -0.131. The molecule has 1 atom stereocenters. The van der Waals surface area contributed by atoms with E-state index in [1.165, 1.54) is 19.3 Å². The minimum absolute atomic E-state index is 0.0983. The van der Waals surface area contributed by atoms with Crippen molar-refractivity contribution in [1.29, 1.82) is 0 Å². The first-order chi connectivity index (χ1) is 9.17. The molecule has 0 aromatic rings. The lowest BCUT2D eigenvalue weighted by Gasteiger charge is -2.26. The lowest BCUT2D eigenvalue weighted by Crippen LogP contribution is -2.36. The summed E-state index contributed by atoms with van der Waals surface area (Å²) in [6, 6.07) is 0. The summed E-state index contributed by atoms with van der Waals surface area (Å²) >= 11 is 0. The van der Waals surface area contributed by atoms with E-state index in [0.717, 1.165) is 25.8 Å². The second kappa shape index (κ2) is 8.54. The monoisotopic (exact) mass is 271 g/mol. The van der Waals surface area contributed by atoms with E-state index >= 15 is 0 Å². The van der Waals surface area contributed by atoms with Crippen LogP contribution < -0.4 is 0 Å². The van der Waals surface area contributed by atoms with Gasteiger partial charge in [0.2, 0.25) is 5.91 Å². The highest BCUT2D eigenvalue weighted by molar-refractivity contribution is 5.76. The molecular weight excluding hydrogens is 242 g/mol. The number of hydrogen-bond acceptors (Lipinski definition) is 3. The Morgan fingerprint density at radius 1 is 1.32 bits per heavy atom. The Morgan fingerprint density at radius 2 is 2.05 bits per heavy atom.